The Morgan fingerprint density at radius 3 is 1.81 bits per heavy atom. The molecule has 0 radical (unpaired) electrons. The number of urea groups is 1. The van der Waals surface area contributed by atoms with Crippen LogP contribution in [0.4, 0.5) is 4.79 Å². The molecule has 5 unspecified atom stereocenters. The van der Waals surface area contributed by atoms with E-state index in [1.165, 1.54) is 4.90 Å². The second kappa shape index (κ2) is 18.5. The molecule has 15 nitrogen and oxygen atoms in total. The van der Waals surface area contributed by atoms with E-state index >= 15 is 0 Å². The van der Waals surface area contributed by atoms with Crippen LogP contribution in [0.25, 0.3) is 0 Å². The molecule has 0 saturated carbocycles. The van der Waals surface area contributed by atoms with E-state index in [9.17, 15) is 29.4 Å². The van der Waals surface area contributed by atoms with Gasteiger partial charge in [0.15, 0.2) is 18.5 Å². The van der Waals surface area contributed by atoms with Gasteiger partial charge in [0.1, 0.15) is 12.7 Å². The highest BCUT2D eigenvalue weighted by Gasteiger charge is 2.50. The van der Waals surface area contributed by atoms with Gasteiger partial charge < -0.3 is 54.6 Å². The summed E-state index contributed by atoms with van der Waals surface area (Å²) in [5, 5.41) is 21.5. The number of carbonyl (C=O) groups is 4. The van der Waals surface area contributed by atoms with E-state index in [4.69, 9.17) is 34.2 Å². The van der Waals surface area contributed by atoms with Gasteiger partial charge in [-0.2, -0.15) is 0 Å². The number of nitrogens with one attached hydrogen (secondary N) is 1. The molecular weight excluding hydrogens is 678 g/mol. The van der Waals surface area contributed by atoms with Gasteiger partial charge in [-0.3, -0.25) is 0 Å². The predicted molar refractivity (Wildman–Crippen MR) is 183 cm³/mol. The lowest BCUT2D eigenvalue weighted by Crippen LogP contribution is -2.65. The first-order valence-electron chi connectivity index (χ1n) is 16.8. The van der Waals surface area contributed by atoms with Crippen molar-refractivity contribution in [2.75, 3.05) is 59.3 Å². The van der Waals surface area contributed by atoms with Gasteiger partial charge in [-0.1, -0.05) is 54.6 Å². The lowest BCUT2D eigenvalue weighted by molar-refractivity contribution is -0.266. The molecular formula is C37H43N3O12. The van der Waals surface area contributed by atoms with E-state index in [2.05, 4.69) is 5.32 Å². The smallest absolute Gasteiger partial charge is 0.338 e. The van der Waals surface area contributed by atoms with Crippen molar-refractivity contribution in [1.82, 2.24) is 10.2 Å². The molecule has 0 bridgehead atoms. The number of esters is 3. The minimum absolute atomic E-state index is 0.0295. The van der Waals surface area contributed by atoms with Crippen molar-refractivity contribution in [2.45, 2.75) is 30.6 Å². The average Bonchev–Trinajstić information content (AvgIpc) is 3.16. The van der Waals surface area contributed by atoms with Gasteiger partial charge in [0, 0.05) is 19.6 Å². The molecule has 2 heterocycles. The molecule has 0 aliphatic carbocycles. The highest BCUT2D eigenvalue weighted by Crippen LogP contribution is 2.30. The van der Waals surface area contributed by atoms with Crippen LogP contribution in [-0.2, 0) is 28.4 Å². The summed E-state index contributed by atoms with van der Waals surface area (Å²) in [6, 6.07) is 23.2. The summed E-state index contributed by atoms with van der Waals surface area (Å²) >= 11 is 0. The molecule has 5 atom stereocenters. The second-order valence-electron chi connectivity index (χ2n) is 12.4. The zero-order valence-corrected chi connectivity index (χ0v) is 28.4. The normalized spacial score (nSPS) is 22.1. The minimum atomic E-state index is -1.31. The van der Waals surface area contributed by atoms with Gasteiger partial charge >= 0.3 is 23.9 Å². The standard InChI is InChI=1S/C37H43N3O12/c38-29-31(52-34(45)27-14-8-3-9-15-27)30(51-33(44)26-12-6-2-7-13-26)28(20-49-32(43)25-10-4-1-5-11-25)50-35(29)48-19-18-47-17-16-39-36(46)40-21-37(22-40,23-41)24-42/h1-15,28-31,35,41-42H,16-24,38H2,(H,39,46). The Morgan fingerprint density at radius 1 is 0.750 bits per heavy atom. The van der Waals surface area contributed by atoms with Crippen LogP contribution in [0, 0.1) is 5.41 Å². The summed E-state index contributed by atoms with van der Waals surface area (Å²) in [5.41, 5.74) is 6.67. The SMILES string of the molecule is NC1C(OCCOCCNC(=O)N2CC(CO)(CO)C2)OC(COC(=O)c2ccccc2)C(OC(=O)c2ccccc2)C1OC(=O)c1ccccc1. The molecule has 278 valence electrons. The molecule has 2 aliphatic rings. The molecule has 2 amide bonds. The molecule has 2 saturated heterocycles. The third-order valence-corrected chi connectivity index (χ3v) is 8.63. The van der Waals surface area contributed by atoms with Crippen LogP contribution < -0.4 is 11.1 Å². The second-order valence-corrected chi connectivity index (χ2v) is 12.4. The molecule has 52 heavy (non-hydrogen) atoms. The third-order valence-electron chi connectivity index (χ3n) is 8.63. The molecule has 5 N–H and O–H groups in total. The number of amides is 2. The van der Waals surface area contributed by atoms with Crippen molar-refractivity contribution in [2.24, 2.45) is 11.1 Å². The monoisotopic (exact) mass is 721 g/mol. The minimum Gasteiger partial charge on any atom is -0.459 e. The number of hydrogen-bond acceptors (Lipinski definition) is 13. The summed E-state index contributed by atoms with van der Waals surface area (Å²) in [7, 11) is 0. The summed E-state index contributed by atoms with van der Waals surface area (Å²) < 4.78 is 35.0. The number of nitrogens with zero attached hydrogens (tertiary/aromatic N) is 1. The Bertz CT molecular complexity index is 1600. The Hall–Kier alpha value is -4.90. The predicted octanol–water partition coefficient (Wildman–Crippen LogP) is 1.38. The molecule has 2 aliphatic heterocycles. The fourth-order valence-electron chi connectivity index (χ4n) is 5.67. The molecule has 3 aromatic carbocycles. The summed E-state index contributed by atoms with van der Waals surface area (Å²) in [4.78, 5) is 53.3. The van der Waals surface area contributed by atoms with Gasteiger partial charge in [-0.15, -0.1) is 0 Å². The number of ether oxygens (including phenoxy) is 6. The third kappa shape index (κ3) is 9.91. The molecule has 3 aromatic rings. The average molecular weight is 722 g/mol. The number of aliphatic hydroxyl groups excluding tert-OH is 2. The van der Waals surface area contributed by atoms with Crippen LogP contribution in [0.3, 0.4) is 0 Å². The van der Waals surface area contributed by atoms with E-state index < -0.39 is 60.6 Å². The van der Waals surface area contributed by atoms with Crippen molar-refractivity contribution in [3.8, 4) is 0 Å². The first-order chi connectivity index (χ1) is 25.2. The van der Waals surface area contributed by atoms with Crippen molar-refractivity contribution in [1.29, 1.82) is 0 Å². The Kier molecular flexibility index (Phi) is 13.7. The quantitative estimate of drug-likeness (QED) is 0.0939. The molecule has 0 aromatic heterocycles. The highest BCUT2D eigenvalue weighted by molar-refractivity contribution is 5.91. The maximum atomic E-state index is 13.3. The van der Waals surface area contributed by atoms with Crippen LogP contribution in [0.5, 0.6) is 0 Å². The summed E-state index contributed by atoms with van der Waals surface area (Å²) in [5.74, 6) is -2.13. The highest BCUT2D eigenvalue weighted by atomic mass is 16.7. The number of carbonyl (C=O) groups excluding carboxylic acids is 4. The first kappa shape index (κ1) is 38.3. The maximum absolute atomic E-state index is 13.3. The molecule has 0 spiro atoms. The van der Waals surface area contributed by atoms with Crippen LogP contribution in [-0.4, -0.2) is 129 Å². The van der Waals surface area contributed by atoms with Crippen LogP contribution in [0.2, 0.25) is 0 Å². The van der Waals surface area contributed by atoms with E-state index in [-0.39, 0.29) is 75.4 Å². The fourth-order valence-corrected chi connectivity index (χ4v) is 5.67. The van der Waals surface area contributed by atoms with Gasteiger partial charge in [0.2, 0.25) is 0 Å². The van der Waals surface area contributed by atoms with Crippen molar-refractivity contribution >= 4 is 23.9 Å². The van der Waals surface area contributed by atoms with E-state index in [1.807, 2.05) is 0 Å². The van der Waals surface area contributed by atoms with Crippen LogP contribution >= 0.6 is 0 Å². The first-order valence-corrected chi connectivity index (χ1v) is 16.8. The number of rotatable bonds is 16. The maximum Gasteiger partial charge on any atom is 0.338 e. The Labute approximate surface area is 300 Å². The number of nitrogens with two attached hydrogens (primary N) is 1. The zero-order chi connectivity index (χ0) is 36.9. The van der Waals surface area contributed by atoms with Gasteiger partial charge in [0.25, 0.3) is 0 Å². The number of likely N-dealkylation sites (tertiary alicyclic amines) is 1. The van der Waals surface area contributed by atoms with Crippen molar-refractivity contribution in [3.63, 3.8) is 0 Å². The molecule has 2 fully saturated rings. The van der Waals surface area contributed by atoms with Gasteiger partial charge in [-0.05, 0) is 36.4 Å². The van der Waals surface area contributed by atoms with E-state index in [0.717, 1.165) is 0 Å². The zero-order valence-electron chi connectivity index (χ0n) is 28.4. The topological polar surface area (TPSA) is 205 Å². The van der Waals surface area contributed by atoms with Gasteiger partial charge in [0.05, 0.1) is 61.2 Å². The van der Waals surface area contributed by atoms with Crippen LogP contribution in [0.1, 0.15) is 31.1 Å². The van der Waals surface area contributed by atoms with Gasteiger partial charge in [-0.25, -0.2) is 19.2 Å². The molecule has 15 heteroatoms. The summed E-state index contributed by atoms with van der Waals surface area (Å²) in [6.07, 6.45) is -5.00. The van der Waals surface area contributed by atoms with E-state index in [1.54, 1.807) is 91.0 Å². The number of aliphatic hydroxyl groups is 2. The lowest BCUT2D eigenvalue weighted by atomic mass is 9.82. The fraction of sp³-hybridized carbons (Fsp3) is 0.405. The van der Waals surface area contributed by atoms with Crippen molar-refractivity contribution in [3.05, 3.63) is 108 Å². The number of benzene rings is 3. The van der Waals surface area contributed by atoms with E-state index in [0.29, 0.717) is 0 Å². The molecule has 5 rings (SSSR count). The Morgan fingerprint density at radius 2 is 1.27 bits per heavy atom. The van der Waals surface area contributed by atoms with Crippen LogP contribution in [0.15, 0.2) is 91.0 Å². The number of hydrogen-bond donors (Lipinski definition) is 4. The Balaban J connectivity index is 1.23. The lowest BCUT2D eigenvalue weighted by Gasteiger charge is -2.47. The van der Waals surface area contributed by atoms with Crippen molar-refractivity contribution < 1.29 is 57.8 Å². The summed E-state index contributed by atoms with van der Waals surface area (Å²) in [6.45, 7) is 0.0686. The largest absolute Gasteiger partial charge is 0.459 e.